The number of H-pyrrole nitrogens is 1. The third-order valence-electron chi connectivity index (χ3n) is 2.74. The van der Waals surface area contributed by atoms with Crippen molar-refractivity contribution in [3.05, 3.63) is 36.0 Å². The van der Waals surface area contributed by atoms with Crippen molar-refractivity contribution in [3.63, 3.8) is 0 Å². The number of aromatic nitrogens is 1. The Morgan fingerprint density at radius 2 is 2.16 bits per heavy atom. The second-order valence-electron chi connectivity index (χ2n) is 4.17. The second kappa shape index (κ2) is 5.53. The van der Waals surface area contributed by atoms with Crippen molar-refractivity contribution >= 4 is 22.8 Å². The molecule has 0 aliphatic carbocycles. The summed E-state index contributed by atoms with van der Waals surface area (Å²) in [5.41, 5.74) is 4.05. The van der Waals surface area contributed by atoms with Gasteiger partial charge in [0.05, 0.1) is 0 Å². The first-order chi connectivity index (χ1) is 9.08. The fourth-order valence-electron chi connectivity index (χ4n) is 1.85. The summed E-state index contributed by atoms with van der Waals surface area (Å²) in [4.78, 5) is 29.4. The Labute approximate surface area is 109 Å². The van der Waals surface area contributed by atoms with Crippen LogP contribution in [0, 0.1) is 0 Å². The smallest absolute Gasteiger partial charge is 0.324 e. The molecule has 0 aliphatic rings. The lowest BCUT2D eigenvalue weighted by atomic mass is 10.1. The van der Waals surface area contributed by atoms with Crippen LogP contribution >= 0.6 is 0 Å². The monoisotopic (exact) mass is 262 g/mol. The zero-order valence-electron chi connectivity index (χ0n) is 10.3. The van der Waals surface area contributed by atoms with Crippen molar-refractivity contribution in [1.29, 1.82) is 0 Å². The van der Waals surface area contributed by atoms with Gasteiger partial charge < -0.3 is 14.9 Å². The summed E-state index contributed by atoms with van der Waals surface area (Å²) >= 11 is 0. The van der Waals surface area contributed by atoms with Crippen LogP contribution in [0.5, 0.6) is 0 Å². The van der Waals surface area contributed by atoms with E-state index in [2.05, 4.69) is 15.3 Å². The van der Waals surface area contributed by atoms with Crippen LogP contribution in [-0.2, 0) is 20.8 Å². The molecule has 0 amide bonds. The van der Waals surface area contributed by atoms with Gasteiger partial charge in [0, 0.05) is 30.4 Å². The van der Waals surface area contributed by atoms with E-state index >= 15 is 0 Å². The fraction of sp³-hybridized carbons (Fsp3) is 0.231. The first kappa shape index (κ1) is 13.1. The zero-order chi connectivity index (χ0) is 13.8. The van der Waals surface area contributed by atoms with E-state index in [0.29, 0.717) is 0 Å². The summed E-state index contributed by atoms with van der Waals surface area (Å²) in [6.07, 6.45) is 1.97. The van der Waals surface area contributed by atoms with Gasteiger partial charge in [0.25, 0.3) is 0 Å². The highest BCUT2D eigenvalue weighted by molar-refractivity contribution is 5.84. The van der Waals surface area contributed by atoms with Gasteiger partial charge in [-0.15, -0.1) is 5.48 Å². The molecule has 6 nitrogen and oxygen atoms in total. The predicted octanol–water partition coefficient (Wildman–Crippen LogP) is 1.23. The number of fused-ring (bicyclic) bond motifs is 1. The molecular formula is C13H14N2O4. The number of hydrogen-bond donors (Lipinski definition) is 3. The van der Waals surface area contributed by atoms with Gasteiger partial charge >= 0.3 is 11.9 Å². The third kappa shape index (κ3) is 3.11. The maximum Gasteiger partial charge on any atom is 0.324 e. The maximum absolute atomic E-state index is 11.1. The number of hydrogen-bond acceptors (Lipinski definition) is 4. The number of carboxylic acids is 1. The minimum absolute atomic E-state index is 0.215. The number of carboxylic acid groups (broad SMARTS) is 1. The van der Waals surface area contributed by atoms with Crippen LogP contribution < -0.4 is 5.48 Å². The molecule has 1 atom stereocenters. The van der Waals surface area contributed by atoms with Crippen LogP contribution in [0.2, 0.25) is 0 Å². The maximum atomic E-state index is 11.1. The number of carbonyl (C=O) groups excluding carboxylic acids is 1. The highest BCUT2D eigenvalue weighted by Gasteiger charge is 2.20. The summed E-state index contributed by atoms with van der Waals surface area (Å²) in [5, 5.41) is 10.0. The Kier molecular flexibility index (Phi) is 3.82. The summed E-state index contributed by atoms with van der Waals surface area (Å²) < 4.78 is 0. The van der Waals surface area contributed by atoms with Gasteiger partial charge in [0.15, 0.2) is 0 Å². The number of para-hydroxylation sites is 1. The van der Waals surface area contributed by atoms with Crippen LogP contribution in [0.4, 0.5) is 0 Å². The van der Waals surface area contributed by atoms with E-state index in [1.165, 1.54) is 6.92 Å². The summed E-state index contributed by atoms with van der Waals surface area (Å²) in [6, 6.07) is 6.62. The van der Waals surface area contributed by atoms with Crippen LogP contribution in [-0.4, -0.2) is 28.1 Å². The van der Waals surface area contributed by atoms with Crippen molar-refractivity contribution in [2.24, 2.45) is 0 Å². The molecule has 6 heteroatoms. The molecule has 0 unspecified atom stereocenters. The molecule has 0 saturated heterocycles. The Morgan fingerprint density at radius 3 is 2.84 bits per heavy atom. The van der Waals surface area contributed by atoms with Crippen molar-refractivity contribution in [2.45, 2.75) is 19.4 Å². The first-order valence-corrected chi connectivity index (χ1v) is 5.78. The molecule has 0 bridgehead atoms. The second-order valence-corrected chi connectivity index (χ2v) is 4.17. The normalized spacial score (nSPS) is 12.3. The van der Waals surface area contributed by atoms with Crippen LogP contribution in [0.3, 0.4) is 0 Å². The van der Waals surface area contributed by atoms with Gasteiger partial charge in [-0.3, -0.25) is 9.59 Å². The number of hydroxylamine groups is 1. The van der Waals surface area contributed by atoms with Crippen LogP contribution in [0.1, 0.15) is 12.5 Å². The third-order valence-corrected chi connectivity index (χ3v) is 2.74. The molecule has 1 aromatic carbocycles. The minimum atomic E-state index is -1.08. The van der Waals surface area contributed by atoms with Gasteiger partial charge in [-0.05, 0) is 11.6 Å². The van der Waals surface area contributed by atoms with E-state index in [1.807, 2.05) is 24.3 Å². The fourth-order valence-corrected chi connectivity index (χ4v) is 1.85. The molecule has 0 spiro atoms. The number of aliphatic carboxylic acids is 1. The molecule has 100 valence electrons. The number of nitrogens with one attached hydrogen (secondary N) is 2. The van der Waals surface area contributed by atoms with Crippen molar-refractivity contribution in [1.82, 2.24) is 10.5 Å². The van der Waals surface area contributed by atoms with E-state index in [0.717, 1.165) is 16.5 Å². The van der Waals surface area contributed by atoms with Crippen molar-refractivity contribution < 1.29 is 19.5 Å². The lowest BCUT2D eigenvalue weighted by molar-refractivity contribution is -0.155. The number of aromatic amines is 1. The zero-order valence-corrected chi connectivity index (χ0v) is 10.3. The van der Waals surface area contributed by atoms with Gasteiger partial charge in [-0.25, -0.2) is 0 Å². The van der Waals surface area contributed by atoms with E-state index in [1.54, 1.807) is 6.20 Å². The first-order valence-electron chi connectivity index (χ1n) is 5.78. The molecule has 0 radical (unpaired) electrons. The van der Waals surface area contributed by atoms with Gasteiger partial charge in [0.2, 0.25) is 0 Å². The molecule has 0 fully saturated rings. The lowest BCUT2D eigenvalue weighted by Crippen LogP contribution is -2.39. The van der Waals surface area contributed by atoms with Gasteiger partial charge in [-0.2, -0.15) is 0 Å². The van der Waals surface area contributed by atoms with Gasteiger partial charge in [0.1, 0.15) is 6.04 Å². The average Bonchev–Trinajstić information content (AvgIpc) is 2.77. The van der Waals surface area contributed by atoms with E-state index < -0.39 is 18.0 Å². The van der Waals surface area contributed by atoms with Crippen LogP contribution in [0.15, 0.2) is 30.5 Å². The molecule has 19 heavy (non-hydrogen) atoms. The topological polar surface area (TPSA) is 91.4 Å². The van der Waals surface area contributed by atoms with Crippen molar-refractivity contribution in [2.75, 3.05) is 0 Å². The molecule has 1 aromatic heterocycles. The Morgan fingerprint density at radius 1 is 1.42 bits per heavy atom. The molecule has 2 rings (SSSR count). The molecule has 0 aliphatic heterocycles. The van der Waals surface area contributed by atoms with E-state index in [9.17, 15) is 9.59 Å². The largest absolute Gasteiger partial charge is 0.480 e. The predicted molar refractivity (Wildman–Crippen MR) is 68.3 cm³/mol. The minimum Gasteiger partial charge on any atom is -0.480 e. The standard InChI is InChI=1S/C13H14N2O4/c1-8(16)19-15-12(13(17)18)6-9-7-14-11-5-3-2-4-10(9)11/h2-5,7,12,14-15H,6H2,1H3,(H,17,18)/t12-/m0/s1. The molecule has 0 saturated carbocycles. The Hall–Kier alpha value is -2.34. The van der Waals surface area contributed by atoms with Gasteiger partial charge in [-0.1, -0.05) is 18.2 Å². The average molecular weight is 262 g/mol. The summed E-state index contributed by atoms with van der Waals surface area (Å²) in [7, 11) is 0. The molecule has 3 N–H and O–H groups in total. The highest BCUT2D eigenvalue weighted by atomic mass is 16.7. The van der Waals surface area contributed by atoms with E-state index in [4.69, 9.17) is 5.11 Å². The quantitative estimate of drug-likeness (QED) is 0.705. The Balaban J connectivity index is 2.16. The lowest BCUT2D eigenvalue weighted by Gasteiger charge is -2.12. The number of benzene rings is 1. The summed E-state index contributed by atoms with van der Waals surface area (Å²) in [5.74, 6) is -1.66. The Bertz CT molecular complexity index is 605. The molecule has 1 heterocycles. The van der Waals surface area contributed by atoms with Crippen molar-refractivity contribution in [3.8, 4) is 0 Å². The highest BCUT2D eigenvalue weighted by Crippen LogP contribution is 2.19. The van der Waals surface area contributed by atoms with Crippen LogP contribution in [0.25, 0.3) is 10.9 Å². The molecule has 2 aromatic rings. The van der Waals surface area contributed by atoms with E-state index in [-0.39, 0.29) is 6.42 Å². The summed E-state index contributed by atoms with van der Waals surface area (Å²) in [6.45, 7) is 1.21. The number of rotatable bonds is 5. The number of carbonyl (C=O) groups is 2. The SMILES string of the molecule is CC(=O)ON[C@@H](Cc1c[nH]c2ccccc12)C(=O)O. The molecular weight excluding hydrogens is 248 g/mol.